The summed E-state index contributed by atoms with van der Waals surface area (Å²) in [6, 6.07) is 0. The van der Waals surface area contributed by atoms with E-state index in [0.717, 1.165) is 12.8 Å². The molecule has 0 bridgehead atoms. The van der Waals surface area contributed by atoms with Gasteiger partial charge in [0.1, 0.15) is 5.78 Å². The van der Waals surface area contributed by atoms with Crippen molar-refractivity contribution in [3.05, 3.63) is 0 Å². The van der Waals surface area contributed by atoms with Crippen molar-refractivity contribution in [2.45, 2.75) is 47.0 Å². The minimum Gasteiger partial charge on any atom is -0.329 e. The topological polar surface area (TPSA) is 43.1 Å². The molecule has 0 aromatic rings. The minimum absolute atomic E-state index is 0.246. The lowest BCUT2D eigenvalue weighted by Gasteiger charge is -2.29. The van der Waals surface area contributed by atoms with E-state index in [1.807, 2.05) is 0 Å². The molecule has 0 amide bonds. The summed E-state index contributed by atoms with van der Waals surface area (Å²) >= 11 is 0. The van der Waals surface area contributed by atoms with Crippen LogP contribution < -0.4 is 5.73 Å². The largest absolute Gasteiger partial charge is 0.329 e. The Morgan fingerprint density at radius 3 is 2.00 bits per heavy atom. The summed E-state index contributed by atoms with van der Waals surface area (Å²) in [6.45, 7) is 8.74. The first-order valence-electron chi connectivity index (χ1n) is 5.25. The highest BCUT2D eigenvalue weighted by Crippen LogP contribution is 2.28. The maximum Gasteiger partial charge on any atom is 0.140 e. The molecule has 0 aromatic heterocycles. The van der Waals surface area contributed by atoms with Crippen LogP contribution in [0.4, 0.5) is 0 Å². The van der Waals surface area contributed by atoms with Gasteiger partial charge in [0.15, 0.2) is 0 Å². The molecule has 0 saturated carbocycles. The number of nitrogens with two attached hydrogens (primary N) is 1. The molecule has 2 heteroatoms. The summed E-state index contributed by atoms with van der Waals surface area (Å²) in [6.07, 6.45) is 2.40. The highest BCUT2D eigenvalue weighted by atomic mass is 16.1. The molecule has 0 saturated heterocycles. The molecule has 0 aliphatic rings. The fourth-order valence-corrected chi connectivity index (χ4v) is 1.63. The maximum absolute atomic E-state index is 11.9. The molecular formula is C11H23NO. The third-order valence-corrected chi connectivity index (χ3v) is 2.93. The van der Waals surface area contributed by atoms with Crippen molar-refractivity contribution in [2.75, 3.05) is 6.54 Å². The average Bonchev–Trinajstić information content (AvgIpc) is 2.07. The van der Waals surface area contributed by atoms with Crippen molar-refractivity contribution < 1.29 is 4.79 Å². The molecule has 0 rings (SSSR count). The molecule has 0 fully saturated rings. The lowest BCUT2D eigenvalue weighted by molar-refractivity contribution is -0.129. The Morgan fingerprint density at radius 2 is 1.77 bits per heavy atom. The molecule has 0 aromatic carbocycles. The van der Waals surface area contributed by atoms with Gasteiger partial charge in [0.05, 0.1) is 0 Å². The van der Waals surface area contributed by atoms with Gasteiger partial charge in [-0.1, -0.05) is 27.7 Å². The Bertz CT molecular complexity index is 151. The number of carbonyl (C=O) groups is 1. The van der Waals surface area contributed by atoms with E-state index in [1.165, 1.54) is 0 Å². The predicted molar refractivity (Wildman–Crippen MR) is 56.5 cm³/mol. The third kappa shape index (κ3) is 3.11. The van der Waals surface area contributed by atoms with Gasteiger partial charge < -0.3 is 5.73 Å². The average molecular weight is 185 g/mol. The zero-order chi connectivity index (χ0) is 10.5. The smallest absolute Gasteiger partial charge is 0.140 e. The van der Waals surface area contributed by atoms with Gasteiger partial charge in [0.2, 0.25) is 0 Å². The molecular weight excluding hydrogens is 162 g/mol. The Balaban J connectivity index is 4.44. The monoisotopic (exact) mass is 185 g/mol. The van der Waals surface area contributed by atoms with Crippen LogP contribution in [0.1, 0.15) is 47.0 Å². The van der Waals surface area contributed by atoms with Gasteiger partial charge in [0, 0.05) is 18.4 Å². The van der Waals surface area contributed by atoms with Crippen molar-refractivity contribution in [3.63, 3.8) is 0 Å². The number of Topliss-reactive ketones (excluding diaryl/α,β-unsaturated/α-hetero) is 1. The molecule has 13 heavy (non-hydrogen) atoms. The van der Waals surface area contributed by atoms with Crippen LogP contribution in [0.25, 0.3) is 0 Å². The van der Waals surface area contributed by atoms with Gasteiger partial charge in [-0.3, -0.25) is 4.79 Å². The minimum atomic E-state index is -0.246. The summed E-state index contributed by atoms with van der Waals surface area (Å²) < 4.78 is 0. The zero-order valence-electron chi connectivity index (χ0n) is 9.39. The zero-order valence-corrected chi connectivity index (χ0v) is 9.39. The van der Waals surface area contributed by atoms with Crippen molar-refractivity contribution in [1.82, 2.24) is 0 Å². The number of hydrogen-bond donors (Lipinski definition) is 1. The van der Waals surface area contributed by atoms with Gasteiger partial charge in [0.25, 0.3) is 0 Å². The molecule has 0 heterocycles. The normalized spacial score (nSPS) is 12.2. The predicted octanol–water partition coefficient (Wildman–Crippen LogP) is 2.37. The first kappa shape index (κ1) is 12.6. The summed E-state index contributed by atoms with van der Waals surface area (Å²) in [7, 11) is 0. The van der Waals surface area contributed by atoms with Crippen LogP contribution in [0.15, 0.2) is 0 Å². The van der Waals surface area contributed by atoms with Crippen LogP contribution in [0.5, 0.6) is 0 Å². The van der Waals surface area contributed by atoms with E-state index in [1.54, 1.807) is 0 Å². The lowest BCUT2D eigenvalue weighted by Crippen LogP contribution is -2.38. The van der Waals surface area contributed by atoms with E-state index in [2.05, 4.69) is 27.7 Å². The van der Waals surface area contributed by atoms with Crippen LogP contribution >= 0.6 is 0 Å². The van der Waals surface area contributed by atoms with Crippen LogP contribution in [0.3, 0.4) is 0 Å². The highest BCUT2D eigenvalue weighted by molar-refractivity contribution is 5.85. The molecule has 0 aliphatic heterocycles. The molecule has 0 aliphatic carbocycles. The van der Waals surface area contributed by atoms with E-state index in [0.29, 0.717) is 24.7 Å². The molecule has 0 spiro atoms. The summed E-state index contributed by atoms with van der Waals surface area (Å²) in [5.74, 6) is 0.784. The second kappa shape index (κ2) is 5.38. The SMILES string of the molecule is CCC(CC)(CN)C(=O)CC(C)C. The van der Waals surface area contributed by atoms with Gasteiger partial charge in [-0.05, 0) is 18.8 Å². The second-order valence-corrected chi connectivity index (χ2v) is 4.21. The number of ketones is 1. The summed E-state index contributed by atoms with van der Waals surface area (Å²) in [4.78, 5) is 11.9. The van der Waals surface area contributed by atoms with Crippen molar-refractivity contribution in [1.29, 1.82) is 0 Å². The summed E-state index contributed by atoms with van der Waals surface area (Å²) in [5.41, 5.74) is 5.44. The number of hydrogen-bond acceptors (Lipinski definition) is 2. The second-order valence-electron chi connectivity index (χ2n) is 4.21. The highest BCUT2D eigenvalue weighted by Gasteiger charge is 2.32. The maximum atomic E-state index is 11.9. The molecule has 2 nitrogen and oxygen atoms in total. The first-order chi connectivity index (χ1) is 6.02. The Morgan fingerprint density at radius 1 is 1.31 bits per heavy atom. The van der Waals surface area contributed by atoms with Gasteiger partial charge in [-0.15, -0.1) is 0 Å². The van der Waals surface area contributed by atoms with E-state index in [9.17, 15) is 4.79 Å². The van der Waals surface area contributed by atoms with Crippen LogP contribution in [-0.4, -0.2) is 12.3 Å². The van der Waals surface area contributed by atoms with Crippen LogP contribution in [0, 0.1) is 11.3 Å². The van der Waals surface area contributed by atoms with E-state index in [-0.39, 0.29) is 5.41 Å². The molecule has 0 atom stereocenters. The van der Waals surface area contributed by atoms with Gasteiger partial charge in [-0.2, -0.15) is 0 Å². The molecule has 78 valence electrons. The van der Waals surface area contributed by atoms with Gasteiger partial charge in [-0.25, -0.2) is 0 Å². The fraction of sp³-hybridized carbons (Fsp3) is 0.909. The van der Waals surface area contributed by atoms with Crippen molar-refractivity contribution in [3.8, 4) is 0 Å². The Labute approximate surface area is 81.9 Å². The van der Waals surface area contributed by atoms with E-state index < -0.39 is 0 Å². The molecule has 0 unspecified atom stereocenters. The van der Waals surface area contributed by atoms with Crippen molar-refractivity contribution in [2.24, 2.45) is 17.1 Å². The molecule has 2 N–H and O–H groups in total. The standard InChI is InChI=1S/C11H23NO/c1-5-11(6-2,8-12)10(13)7-9(3)4/h9H,5-8,12H2,1-4H3. The van der Waals surface area contributed by atoms with Crippen LogP contribution in [-0.2, 0) is 4.79 Å². The van der Waals surface area contributed by atoms with E-state index in [4.69, 9.17) is 5.73 Å². The first-order valence-corrected chi connectivity index (χ1v) is 5.25. The third-order valence-electron chi connectivity index (χ3n) is 2.93. The lowest BCUT2D eigenvalue weighted by atomic mass is 9.76. The van der Waals surface area contributed by atoms with Crippen LogP contribution in [0.2, 0.25) is 0 Å². The summed E-state index contributed by atoms with van der Waals surface area (Å²) in [5, 5.41) is 0. The fourth-order valence-electron chi connectivity index (χ4n) is 1.63. The number of carbonyl (C=O) groups excluding carboxylic acids is 1. The quantitative estimate of drug-likeness (QED) is 0.690. The van der Waals surface area contributed by atoms with Gasteiger partial charge >= 0.3 is 0 Å². The molecule has 0 radical (unpaired) electrons. The Kier molecular flexibility index (Phi) is 5.23. The van der Waals surface area contributed by atoms with E-state index >= 15 is 0 Å². The Hall–Kier alpha value is -0.370. The van der Waals surface area contributed by atoms with Crippen molar-refractivity contribution >= 4 is 5.78 Å². The number of rotatable bonds is 6.